The summed E-state index contributed by atoms with van der Waals surface area (Å²) in [6, 6.07) is 0. The molecule has 0 aromatic heterocycles. The van der Waals surface area contributed by atoms with Crippen molar-refractivity contribution in [1.29, 1.82) is 0 Å². The molecule has 1 N–H and O–H groups in total. The molecule has 3 nitrogen and oxygen atoms in total. The molecule has 0 spiro atoms. The van der Waals surface area contributed by atoms with E-state index in [-0.39, 0.29) is 42.3 Å². The average molecular weight is 155 g/mol. The van der Waals surface area contributed by atoms with Crippen LogP contribution in [0.5, 0.6) is 0 Å². The quantitative estimate of drug-likeness (QED) is 0.531. The first-order valence-electron chi connectivity index (χ1n) is 3.07. The van der Waals surface area contributed by atoms with Gasteiger partial charge in [-0.2, -0.15) is 0 Å². The Morgan fingerprint density at radius 3 is 2.40 bits per heavy atom. The largest absolute Gasteiger partial charge is 0.394 e. The minimum Gasteiger partial charge on any atom is -0.394 e. The summed E-state index contributed by atoms with van der Waals surface area (Å²) in [5.74, 6) is -0.493. The van der Waals surface area contributed by atoms with E-state index in [1.54, 1.807) is 0 Å². The van der Waals surface area contributed by atoms with Gasteiger partial charge < -0.3 is 14.6 Å². The van der Waals surface area contributed by atoms with Crippen molar-refractivity contribution >= 4 is 29.6 Å². The number of hydrogen-bond acceptors (Lipinski definition) is 3. The van der Waals surface area contributed by atoms with Gasteiger partial charge in [0.2, 0.25) is 0 Å². The Bertz CT molecular complexity index is 105. The summed E-state index contributed by atoms with van der Waals surface area (Å²) >= 11 is 0. The number of hydrogen-bond donors (Lipinski definition) is 1. The molecule has 0 amide bonds. The second kappa shape index (κ2) is 4.04. The van der Waals surface area contributed by atoms with Crippen molar-refractivity contribution in [2.24, 2.45) is 0 Å². The van der Waals surface area contributed by atoms with Gasteiger partial charge in [-0.15, -0.1) is 0 Å². The maximum absolute atomic E-state index is 8.59. The molecule has 10 heavy (non-hydrogen) atoms. The van der Waals surface area contributed by atoms with Gasteiger partial charge in [0.05, 0.1) is 13.2 Å². The van der Waals surface area contributed by atoms with Gasteiger partial charge in [-0.1, -0.05) is 0 Å². The van der Waals surface area contributed by atoms with E-state index in [4.69, 9.17) is 14.6 Å². The maximum Gasteiger partial charge on any atom is 0.163 e. The molecule has 0 aromatic rings. The van der Waals surface area contributed by atoms with Crippen molar-refractivity contribution < 1.29 is 14.6 Å². The van der Waals surface area contributed by atoms with Crippen LogP contribution in [-0.2, 0) is 9.47 Å². The minimum atomic E-state index is -0.493. The molecule has 1 radical (unpaired) electrons. The van der Waals surface area contributed by atoms with Gasteiger partial charge in [-0.25, -0.2) is 0 Å². The molecule has 1 heterocycles. The summed E-state index contributed by atoms with van der Waals surface area (Å²) in [5, 5.41) is 8.59. The van der Waals surface area contributed by atoms with Crippen LogP contribution in [0, 0.1) is 0 Å². The predicted molar refractivity (Wildman–Crippen MR) is 37.7 cm³/mol. The van der Waals surface area contributed by atoms with Crippen LogP contribution in [0.3, 0.4) is 0 Å². The first-order chi connectivity index (χ1) is 4.14. The number of aliphatic hydroxyl groups excluding tert-OH is 1. The Morgan fingerprint density at radius 1 is 1.60 bits per heavy atom. The van der Waals surface area contributed by atoms with Crippen LogP contribution in [0.15, 0.2) is 0 Å². The Balaban J connectivity index is 0.000000810. The third-order valence-electron chi connectivity index (χ3n) is 1.27. The van der Waals surface area contributed by atoms with Crippen molar-refractivity contribution in [3.8, 4) is 0 Å². The SMILES string of the molecule is CC1(C)OC[C@H](CO)O1.[Na]. The first kappa shape index (κ1) is 10.9. The zero-order chi connectivity index (χ0) is 6.91. The minimum absolute atomic E-state index is 0. The van der Waals surface area contributed by atoms with E-state index in [1.807, 2.05) is 13.8 Å². The summed E-state index contributed by atoms with van der Waals surface area (Å²) in [6.07, 6.45) is -0.125. The van der Waals surface area contributed by atoms with Gasteiger partial charge in [0.1, 0.15) is 6.10 Å². The third-order valence-corrected chi connectivity index (χ3v) is 1.27. The van der Waals surface area contributed by atoms with Crippen LogP contribution in [0.1, 0.15) is 13.8 Å². The number of aliphatic hydroxyl groups is 1. The molecule has 1 fully saturated rings. The topological polar surface area (TPSA) is 38.7 Å². The van der Waals surface area contributed by atoms with Crippen molar-refractivity contribution in [1.82, 2.24) is 0 Å². The standard InChI is InChI=1S/C6H12O3.Na/c1-6(2)8-4-5(3-7)9-6;/h5,7H,3-4H2,1-2H3;/t5-;/m0./s1. The molecule has 1 aliphatic rings. The Kier molecular flexibility index (Phi) is 4.40. The summed E-state index contributed by atoms with van der Waals surface area (Å²) in [6.45, 7) is 4.22. The van der Waals surface area contributed by atoms with E-state index in [1.165, 1.54) is 0 Å². The van der Waals surface area contributed by atoms with Crippen molar-refractivity contribution in [3.05, 3.63) is 0 Å². The predicted octanol–water partition coefficient (Wildman–Crippen LogP) is -0.251. The molecule has 0 unspecified atom stereocenters. The monoisotopic (exact) mass is 155 g/mol. The van der Waals surface area contributed by atoms with Gasteiger partial charge >= 0.3 is 0 Å². The van der Waals surface area contributed by atoms with E-state index < -0.39 is 5.79 Å². The molecule has 1 rings (SSSR count). The van der Waals surface area contributed by atoms with E-state index in [0.29, 0.717) is 6.61 Å². The molecule has 0 bridgehead atoms. The molecule has 0 aromatic carbocycles. The van der Waals surface area contributed by atoms with E-state index in [0.717, 1.165) is 0 Å². The smallest absolute Gasteiger partial charge is 0.163 e. The molecule has 1 saturated heterocycles. The summed E-state index contributed by atoms with van der Waals surface area (Å²) < 4.78 is 10.4. The zero-order valence-electron chi connectivity index (χ0n) is 6.76. The van der Waals surface area contributed by atoms with Gasteiger partial charge in [-0.3, -0.25) is 0 Å². The fourth-order valence-corrected chi connectivity index (χ4v) is 0.853. The van der Waals surface area contributed by atoms with Gasteiger partial charge in [0.25, 0.3) is 0 Å². The van der Waals surface area contributed by atoms with Crippen molar-refractivity contribution in [2.45, 2.75) is 25.7 Å². The molecular formula is C6H12NaO3. The fraction of sp³-hybridized carbons (Fsp3) is 1.00. The van der Waals surface area contributed by atoms with E-state index >= 15 is 0 Å². The Morgan fingerprint density at radius 2 is 2.20 bits per heavy atom. The molecule has 1 aliphatic heterocycles. The van der Waals surface area contributed by atoms with Gasteiger partial charge in [0, 0.05) is 29.6 Å². The molecule has 0 saturated carbocycles. The van der Waals surface area contributed by atoms with Crippen molar-refractivity contribution in [2.75, 3.05) is 13.2 Å². The van der Waals surface area contributed by atoms with Gasteiger partial charge in [-0.05, 0) is 13.8 Å². The molecule has 55 valence electrons. The normalized spacial score (nSPS) is 29.7. The summed E-state index contributed by atoms with van der Waals surface area (Å²) in [5.41, 5.74) is 0. The Hall–Kier alpha value is 0.880. The van der Waals surface area contributed by atoms with Crippen LogP contribution < -0.4 is 0 Å². The molecule has 0 aliphatic carbocycles. The average Bonchev–Trinajstić information content (AvgIpc) is 2.10. The zero-order valence-corrected chi connectivity index (χ0v) is 8.76. The Labute approximate surface area is 83.0 Å². The van der Waals surface area contributed by atoms with E-state index in [9.17, 15) is 0 Å². The molecule has 1 atom stereocenters. The fourth-order valence-electron chi connectivity index (χ4n) is 0.853. The van der Waals surface area contributed by atoms with Crippen molar-refractivity contribution in [3.63, 3.8) is 0 Å². The summed E-state index contributed by atoms with van der Waals surface area (Å²) in [7, 11) is 0. The molecule has 4 heteroatoms. The van der Waals surface area contributed by atoms with Crippen LogP contribution in [0.25, 0.3) is 0 Å². The number of rotatable bonds is 1. The second-order valence-electron chi connectivity index (χ2n) is 2.63. The van der Waals surface area contributed by atoms with Crippen LogP contribution in [0.4, 0.5) is 0 Å². The second-order valence-corrected chi connectivity index (χ2v) is 2.63. The van der Waals surface area contributed by atoms with Crippen LogP contribution in [0.2, 0.25) is 0 Å². The third kappa shape index (κ3) is 2.86. The summed E-state index contributed by atoms with van der Waals surface area (Å²) in [4.78, 5) is 0. The maximum atomic E-state index is 8.59. The number of ether oxygens (including phenoxy) is 2. The van der Waals surface area contributed by atoms with Gasteiger partial charge in [0.15, 0.2) is 5.79 Å². The first-order valence-corrected chi connectivity index (χ1v) is 3.07. The van der Waals surface area contributed by atoms with Crippen LogP contribution >= 0.6 is 0 Å². The molecular weight excluding hydrogens is 143 g/mol. The van der Waals surface area contributed by atoms with E-state index in [2.05, 4.69) is 0 Å². The van der Waals surface area contributed by atoms with Crippen LogP contribution in [-0.4, -0.2) is 59.8 Å².